The Morgan fingerprint density at radius 2 is 2.12 bits per heavy atom. The zero-order valence-corrected chi connectivity index (χ0v) is 14.5. The summed E-state index contributed by atoms with van der Waals surface area (Å²) < 4.78 is 1.56. The van der Waals surface area contributed by atoms with E-state index in [9.17, 15) is 4.79 Å². The molecule has 126 valence electrons. The molecule has 0 saturated carbocycles. The van der Waals surface area contributed by atoms with Gasteiger partial charge in [-0.15, -0.1) is 5.10 Å². The molecular formula is C17H22N6O. The highest BCUT2D eigenvalue weighted by atomic mass is 16.2. The maximum Gasteiger partial charge on any atom is 0.311 e. The number of carbonyl (C=O) groups excluding carboxylic acids is 1. The normalized spacial score (nSPS) is 18.6. The third kappa shape index (κ3) is 3.34. The van der Waals surface area contributed by atoms with E-state index in [0.29, 0.717) is 11.7 Å². The van der Waals surface area contributed by atoms with Gasteiger partial charge in [0.25, 0.3) is 5.78 Å². The van der Waals surface area contributed by atoms with E-state index in [2.05, 4.69) is 38.6 Å². The number of hydrazone groups is 1. The Morgan fingerprint density at radius 1 is 1.33 bits per heavy atom. The van der Waals surface area contributed by atoms with Crippen LogP contribution in [0.2, 0.25) is 0 Å². The van der Waals surface area contributed by atoms with Gasteiger partial charge in [-0.25, -0.2) is 14.9 Å². The monoisotopic (exact) mass is 326 g/mol. The van der Waals surface area contributed by atoms with E-state index >= 15 is 0 Å². The van der Waals surface area contributed by atoms with Gasteiger partial charge >= 0.3 is 5.91 Å². The second kappa shape index (κ2) is 6.51. The molecule has 1 unspecified atom stereocenters. The lowest BCUT2D eigenvalue weighted by Gasteiger charge is -2.19. The molecule has 7 nitrogen and oxygen atoms in total. The largest absolute Gasteiger partial charge is 0.311 e. The second-order valence-electron chi connectivity index (χ2n) is 6.40. The van der Waals surface area contributed by atoms with Gasteiger partial charge in [-0.3, -0.25) is 4.79 Å². The van der Waals surface area contributed by atoms with E-state index in [4.69, 9.17) is 0 Å². The molecule has 0 aromatic carbocycles. The third-order valence-corrected chi connectivity index (χ3v) is 4.38. The van der Waals surface area contributed by atoms with Gasteiger partial charge in [-0.05, 0) is 53.0 Å². The van der Waals surface area contributed by atoms with Crippen molar-refractivity contribution in [2.24, 2.45) is 11.0 Å². The van der Waals surface area contributed by atoms with Crippen LogP contribution in [0.15, 0.2) is 22.8 Å². The minimum atomic E-state index is -0.417. The molecule has 2 aromatic heterocycles. The van der Waals surface area contributed by atoms with Crippen LogP contribution in [0.1, 0.15) is 55.1 Å². The number of nitrogens with one attached hydrogen (secondary N) is 1. The second-order valence-corrected chi connectivity index (χ2v) is 6.40. The molecular weight excluding hydrogens is 304 g/mol. The van der Waals surface area contributed by atoms with Gasteiger partial charge in [0.2, 0.25) is 5.82 Å². The molecule has 0 aliphatic heterocycles. The maximum atomic E-state index is 12.3. The molecule has 2 aromatic rings. The number of aryl methyl sites for hydroxylation is 2. The van der Waals surface area contributed by atoms with Crippen molar-refractivity contribution in [1.82, 2.24) is 25.0 Å². The van der Waals surface area contributed by atoms with E-state index in [1.54, 1.807) is 4.52 Å². The summed E-state index contributed by atoms with van der Waals surface area (Å²) in [5.41, 5.74) is 6.65. The standard InChI is InChI=1S/C17H22N6O/c1-10-5-7-14(8-6-10)13(4)20-21-16(24)15-19-17-18-11(2)9-12(3)23(17)22-15/h5,9,14H,6-8H2,1-4H3,(H,21,24)/b20-13-. The van der Waals surface area contributed by atoms with Crippen molar-refractivity contribution in [2.45, 2.75) is 47.0 Å². The van der Waals surface area contributed by atoms with Crippen LogP contribution in [0, 0.1) is 19.8 Å². The number of allylic oxidation sites excluding steroid dienone is 2. The molecule has 7 heteroatoms. The zero-order chi connectivity index (χ0) is 17.3. The fraction of sp³-hybridized carbons (Fsp3) is 0.471. The lowest BCUT2D eigenvalue weighted by molar-refractivity contribution is 0.0944. The minimum absolute atomic E-state index is 0.0761. The first kappa shape index (κ1) is 16.3. The van der Waals surface area contributed by atoms with Gasteiger partial charge in [-0.2, -0.15) is 10.1 Å². The van der Waals surface area contributed by atoms with E-state index in [1.807, 2.05) is 26.8 Å². The van der Waals surface area contributed by atoms with Crippen LogP contribution in [0.3, 0.4) is 0 Å². The predicted octanol–water partition coefficient (Wildman–Crippen LogP) is 2.59. The summed E-state index contributed by atoms with van der Waals surface area (Å²) in [6.07, 6.45) is 5.38. The van der Waals surface area contributed by atoms with Crippen LogP contribution >= 0.6 is 0 Å². The fourth-order valence-corrected chi connectivity index (χ4v) is 2.89. The molecule has 1 amide bonds. The molecule has 1 aliphatic carbocycles. The topological polar surface area (TPSA) is 84.5 Å². The summed E-state index contributed by atoms with van der Waals surface area (Å²) in [5.74, 6) is 0.465. The lowest BCUT2D eigenvalue weighted by Crippen LogP contribution is -2.23. The fourth-order valence-electron chi connectivity index (χ4n) is 2.89. The summed E-state index contributed by atoms with van der Waals surface area (Å²) in [7, 11) is 0. The maximum absolute atomic E-state index is 12.3. The van der Waals surface area contributed by atoms with Crippen LogP contribution in [0.4, 0.5) is 0 Å². The van der Waals surface area contributed by atoms with E-state index < -0.39 is 5.91 Å². The number of fused-ring (bicyclic) bond motifs is 1. The molecule has 24 heavy (non-hydrogen) atoms. The quantitative estimate of drug-likeness (QED) is 0.534. The number of nitrogens with zero attached hydrogens (tertiary/aromatic N) is 5. The van der Waals surface area contributed by atoms with Gasteiger partial charge in [0, 0.05) is 23.0 Å². The Bertz CT molecular complexity index is 848. The van der Waals surface area contributed by atoms with E-state index in [1.165, 1.54) is 5.57 Å². The van der Waals surface area contributed by atoms with Crippen molar-refractivity contribution in [3.8, 4) is 0 Å². The van der Waals surface area contributed by atoms with Gasteiger partial charge in [-0.1, -0.05) is 11.6 Å². The number of hydrogen-bond acceptors (Lipinski definition) is 5. The number of hydrogen-bond donors (Lipinski definition) is 1. The van der Waals surface area contributed by atoms with Crippen LogP contribution in [-0.4, -0.2) is 31.2 Å². The minimum Gasteiger partial charge on any atom is -0.264 e. The predicted molar refractivity (Wildman–Crippen MR) is 91.9 cm³/mol. The zero-order valence-electron chi connectivity index (χ0n) is 14.5. The third-order valence-electron chi connectivity index (χ3n) is 4.38. The Balaban J connectivity index is 1.73. The molecule has 0 bridgehead atoms. The van der Waals surface area contributed by atoms with Crippen molar-refractivity contribution < 1.29 is 4.79 Å². The smallest absolute Gasteiger partial charge is 0.264 e. The Labute approximate surface area is 140 Å². The van der Waals surface area contributed by atoms with Crippen molar-refractivity contribution in [2.75, 3.05) is 0 Å². The molecule has 0 spiro atoms. The summed E-state index contributed by atoms with van der Waals surface area (Å²) in [6, 6.07) is 1.89. The molecule has 0 radical (unpaired) electrons. The van der Waals surface area contributed by atoms with Crippen LogP contribution < -0.4 is 5.43 Å². The molecule has 1 aliphatic rings. The van der Waals surface area contributed by atoms with Crippen molar-refractivity contribution in [3.05, 3.63) is 34.9 Å². The van der Waals surface area contributed by atoms with Crippen molar-refractivity contribution in [3.63, 3.8) is 0 Å². The SMILES string of the molecule is CC1=CCC(/C(C)=N\NC(=O)c2nc3nc(C)cc(C)n3n2)CC1. The number of aromatic nitrogens is 4. The molecule has 0 fully saturated rings. The number of carbonyl (C=O) groups is 1. The van der Waals surface area contributed by atoms with Gasteiger partial charge < -0.3 is 0 Å². The van der Waals surface area contributed by atoms with Crippen LogP contribution in [0.5, 0.6) is 0 Å². The van der Waals surface area contributed by atoms with Crippen LogP contribution in [0.25, 0.3) is 5.78 Å². The first-order valence-electron chi connectivity index (χ1n) is 8.15. The molecule has 1 N–H and O–H groups in total. The Morgan fingerprint density at radius 3 is 2.83 bits per heavy atom. The van der Waals surface area contributed by atoms with E-state index in [-0.39, 0.29) is 5.82 Å². The lowest BCUT2D eigenvalue weighted by atomic mass is 9.87. The first-order valence-corrected chi connectivity index (χ1v) is 8.15. The van der Waals surface area contributed by atoms with Crippen molar-refractivity contribution >= 4 is 17.4 Å². The van der Waals surface area contributed by atoms with Crippen LogP contribution in [-0.2, 0) is 0 Å². The van der Waals surface area contributed by atoms with Gasteiger partial charge in [0.1, 0.15) is 0 Å². The highest BCUT2D eigenvalue weighted by Crippen LogP contribution is 2.24. The Hall–Kier alpha value is -2.57. The van der Waals surface area contributed by atoms with Crippen molar-refractivity contribution in [1.29, 1.82) is 0 Å². The molecule has 0 saturated heterocycles. The average molecular weight is 326 g/mol. The summed E-state index contributed by atoms with van der Waals surface area (Å²) >= 11 is 0. The summed E-state index contributed by atoms with van der Waals surface area (Å²) in [5, 5.41) is 8.44. The Kier molecular flexibility index (Phi) is 4.42. The number of amides is 1. The highest BCUT2D eigenvalue weighted by Gasteiger charge is 2.17. The molecule has 3 rings (SSSR count). The molecule has 2 heterocycles. The first-order chi connectivity index (χ1) is 11.4. The average Bonchev–Trinajstić information content (AvgIpc) is 2.97. The molecule has 1 atom stereocenters. The summed E-state index contributed by atoms with van der Waals surface area (Å²) in [6.45, 7) is 7.89. The number of rotatable bonds is 3. The highest BCUT2D eigenvalue weighted by molar-refractivity contribution is 5.92. The summed E-state index contributed by atoms with van der Waals surface area (Å²) in [4.78, 5) is 20.7. The van der Waals surface area contributed by atoms with Gasteiger partial charge in [0.15, 0.2) is 0 Å². The van der Waals surface area contributed by atoms with E-state index in [0.717, 1.165) is 36.4 Å². The van der Waals surface area contributed by atoms with Gasteiger partial charge in [0.05, 0.1) is 0 Å².